The predicted molar refractivity (Wildman–Crippen MR) is 56.7 cm³/mol. The minimum Gasteiger partial charge on any atom is -0.320 e. The zero-order valence-electron chi connectivity index (χ0n) is 9.49. The minimum absolute atomic E-state index is 0.697. The molecule has 14 heavy (non-hydrogen) atoms. The Balaban J connectivity index is 2.25. The van der Waals surface area contributed by atoms with Crippen molar-refractivity contribution < 1.29 is 0 Å². The maximum Gasteiger partial charge on any atom is 0.146 e. The highest BCUT2D eigenvalue weighted by Crippen LogP contribution is 2.07. The molecule has 0 amide bonds. The number of aromatic nitrogens is 3. The second-order valence-electron chi connectivity index (χ2n) is 4.21. The van der Waals surface area contributed by atoms with Crippen molar-refractivity contribution in [3.63, 3.8) is 0 Å². The topological polar surface area (TPSA) is 42.7 Å². The Kier molecular flexibility index (Phi) is 4.07. The molecule has 0 bridgehead atoms. The van der Waals surface area contributed by atoms with E-state index in [9.17, 15) is 0 Å². The lowest BCUT2D eigenvalue weighted by Gasteiger charge is -2.15. The van der Waals surface area contributed by atoms with Gasteiger partial charge in [-0.25, -0.2) is 0 Å². The van der Waals surface area contributed by atoms with Crippen molar-refractivity contribution in [2.75, 3.05) is 6.54 Å². The fraction of sp³-hybridized carbons (Fsp3) is 0.800. The molecule has 0 fully saturated rings. The molecule has 1 heterocycles. The lowest BCUT2D eigenvalue weighted by Crippen LogP contribution is -2.24. The normalized spacial score (nSPS) is 13.5. The highest BCUT2D eigenvalue weighted by Gasteiger charge is 2.06. The number of aryl methyl sites for hydroxylation is 1. The predicted octanol–water partition coefficient (Wildman–Crippen LogP) is 1.20. The number of rotatable bonds is 5. The van der Waals surface area contributed by atoms with E-state index in [1.165, 1.54) is 0 Å². The molecular formula is C10H20N4. The highest BCUT2D eigenvalue weighted by molar-refractivity contribution is 4.83. The van der Waals surface area contributed by atoms with E-state index < -0.39 is 0 Å². The summed E-state index contributed by atoms with van der Waals surface area (Å²) in [6.07, 6.45) is 1.73. The van der Waals surface area contributed by atoms with E-state index in [0.29, 0.717) is 5.92 Å². The molecule has 0 saturated heterocycles. The molecule has 1 aromatic heterocycles. The van der Waals surface area contributed by atoms with Crippen LogP contribution in [0.15, 0.2) is 6.33 Å². The van der Waals surface area contributed by atoms with E-state index in [2.05, 4.69) is 36.3 Å². The summed E-state index contributed by atoms with van der Waals surface area (Å²) in [7, 11) is 1.96. The summed E-state index contributed by atoms with van der Waals surface area (Å²) < 4.78 is 1.94. The Hall–Kier alpha value is -0.900. The maximum absolute atomic E-state index is 4.01. The van der Waals surface area contributed by atoms with Gasteiger partial charge < -0.3 is 9.88 Å². The molecule has 0 aliphatic carbocycles. The molecule has 0 aromatic carbocycles. The lowest BCUT2D eigenvalue weighted by atomic mass is 9.98. The van der Waals surface area contributed by atoms with Crippen LogP contribution in [0.5, 0.6) is 0 Å². The molecule has 0 radical (unpaired) electrons. The van der Waals surface area contributed by atoms with Crippen LogP contribution < -0.4 is 5.32 Å². The van der Waals surface area contributed by atoms with Crippen LogP contribution in [0.1, 0.15) is 26.6 Å². The lowest BCUT2D eigenvalue weighted by molar-refractivity contribution is 0.389. The number of hydrogen-bond acceptors (Lipinski definition) is 3. The maximum atomic E-state index is 4.01. The molecule has 0 aliphatic heterocycles. The van der Waals surface area contributed by atoms with Gasteiger partial charge in [0.25, 0.3) is 0 Å². The van der Waals surface area contributed by atoms with Crippen LogP contribution in [0, 0.1) is 11.8 Å². The van der Waals surface area contributed by atoms with Crippen molar-refractivity contribution in [3.8, 4) is 0 Å². The SMILES string of the molecule is CC(C)C(C)CNCc1nncn1C. The molecule has 1 rings (SSSR count). The highest BCUT2D eigenvalue weighted by atomic mass is 15.3. The van der Waals surface area contributed by atoms with Crippen LogP contribution in [-0.2, 0) is 13.6 Å². The first-order valence-corrected chi connectivity index (χ1v) is 5.15. The smallest absolute Gasteiger partial charge is 0.146 e. The summed E-state index contributed by atoms with van der Waals surface area (Å²) in [6, 6.07) is 0. The average molecular weight is 196 g/mol. The molecule has 1 unspecified atom stereocenters. The summed E-state index contributed by atoms with van der Waals surface area (Å²) in [6.45, 7) is 8.58. The molecular weight excluding hydrogens is 176 g/mol. The molecule has 0 saturated carbocycles. The van der Waals surface area contributed by atoms with Gasteiger partial charge in [-0.3, -0.25) is 0 Å². The Morgan fingerprint density at radius 3 is 2.64 bits per heavy atom. The molecule has 1 aromatic rings. The van der Waals surface area contributed by atoms with Crippen molar-refractivity contribution >= 4 is 0 Å². The van der Waals surface area contributed by atoms with Gasteiger partial charge in [0, 0.05) is 7.05 Å². The second-order valence-corrected chi connectivity index (χ2v) is 4.21. The van der Waals surface area contributed by atoms with Gasteiger partial charge >= 0.3 is 0 Å². The fourth-order valence-corrected chi connectivity index (χ4v) is 1.11. The van der Waals surface area contributed by atoms with Gasteiger partial charge in [0.05, 0.1) is 6.54 Å². The van der Waals surface area contributed by atoms with Crippen LogP contribution in [0.3, 0.4) is 0 Å². The van der Waals surface area contributed by atoms with Crippen LogP contribution >= 0.6 is 0 Å². The zero-order valence-corrected chi connectivity index (χ0v) is 9.49. The molecule has 1 atom stereocenters. The summed E-state index contributed by atoms with van der Waals surface area (Å²) >= 11 is 0. The van der Waals surface area contributed by atoms with Gasteiger partial charge in [0.15, 0.2) is 0 Å². The number of hydrogen-bond donors (Lipinski definition) is 1. The van der Waals surface area contributed by atoms with Gasteiger partial charge in [-0.15, -0.1) is 10.2 Å². The van der Waals surface area contributed by atoms with Crippen LogP contribution in [0.4, 0.5) is 0 Å². The van der Waals surface area contributed by atoms with Gasteiger partial charge in [-0.2, -0.15) is 0 Å². The molecule has 4 heteroatoms. The van der Waals surface area contributed by atoms with E-state index in [1.807, 2.05) is 11.6 Å². The molecule has 0 spiro atoms. The largest absolute Gasteiger partial charge is 0.320 e. The monoisotopic (exact) mass is 196 g/mol. The third kappa shape index (κ3) is 3.10. The Bertz CT molecular complexity index is 267. The first kappa shape index (κ1) is 11.2. The van der Waals surface area contributed by atoms with Crippen molar-refractivity contribution in [3.05, 3.63) is 12.2 Å². The molecule has 80 valence electrons. The molecule has 0 aliphatic rings. The van der Waals surface area contributed by atoms with E-state index in [4.69, 9.17) is 0 Å². The summed E-state index contributed by atoms with van der Waals surface area (Å²) in [5, 5.41) is 11.2. The number of nitrogens with zero attached hydrogens (tertiary/aromatic N) is 3. The van der Waals surface area contributed by atoms with E-state index in [-0.39, 0.29) is 0 Å². The summed E-state index contributed by atoms with van der Waals surface area (Å²) in [4.78, 5) is 0. The van der Waals surface area contributed by atoms with Crippen molar-refractivity contribution in [1.82, 2.24) is 20.1 Å². The van der Waals surface area contributed by atoms with Gasteiger partial charge in [0.1, 0.15) is 12.2 Å². The fourth-order valence-electron chi connectivity index (χ4n) is 1.11. The van der Waals surface area contributed by atoms with E-state index in [1.54, 1.807) is 6.33 Å². The molecule has 4 nitrogen and oxygen atoms in total. The Morgan fingerprint density at radius 1 is 1.43 bits per heavy atom. The van der Waals surface area contributed by atoms with Crippen molar-refractivity contribution in [2.45, 2.75) is 27.3 Å². The van der Waals surface area contributed by atoms with Gasteiger partial charge in [0.2, 0.25) is 0 Å². The quantitative estimate of drug-likeness (QED) is 0.769. The average Bonchev–Trinajstić information content (AvgIpc) is 2.51. The van der Waals surface area contributed by atoms with Gasteiger partial charge in [-0.05, 0) is 18.4 Å². The summed E-state index contributed by atoms with van der Waals surface area (Å²) in [5.74, 6) is 2.41. The Labute approximate surface area is 85.7 Å². The van der Waals surface area contributed by atoms with Crippen LogP contribution in [0.25, 0.3) is 0 Å². The minimum atomic E-state index is 0.697. The first-order chi connectivity index (χ1) is 6.61. The third-order valence-electron chi connectivity index (χ3n) is 2.69. The van der Waals surface area contributed by atoms with Crippen LogP contribution in [0.2, 0.25) is 0 Å². The van der Waals surface area contributed by atoms with Crippen LogP contribution in [-0.4, -0.2) is 21.3 Å². The third-order valence-corrected chi connectivity index (χ3v) is 2.69. The second kappa shape index (κ2) is 5.10. The number of nitrogens with one attached hydrogen (secondary N) is 1. The molecule has 1 N–H and O–H groups in total. The Morgan fingerprint density at radius 2 is 2.14 bits per heavy atom. The summed E-state index contributed by atoms with van der Waals surface area (Å²) in [5.41, 5.74) is 0. The van der Waals surface area contributed by atoms with E-state index >= 15 is 0 Å². The van der Waals surface area contributed by atoms with Crippen molar-refractivity contribution in [1.29, 1.82) is 0 Å². The van der Waals surface area contributed by atoms with Crippen molar-refractivity contribution in [2.24, 2.45) is 18.9 Å². The van der Waals surface area contributed by atoms with E-state index in [0.717, 1.165) is 24.8 Å². The zero-order chi connectivity index (χ0) is 10.6. The standard InChI is InChI=1S/C10H20N4/c1-8(2)9(3)5-11-6-10-13-12-7-14(10)4/h7-9,11H,5-6H2,1-4H3. The van der Waals surface area contributed by atoms with Gasteiger partial charge in [-0.1, -0.05) is 20.8 Å². The first-order valence-electron chi connectivity index (χ1n) is 5.15.